The SMILES string of the molecule is CCC1CCCCC1NCc1cc(C)c(C)cc1C. The van der Waals surface area contributed by atoms with E-state index in [2.05, 4.69) is 45.1 Å². The molecule has 1 N–H and O–H groups in total. The van der Waals surface area contributed by atoms with E-state index in [9.17, 15) is 0 Å². The maximum Gasteiger partial charge on any atom is 0.0210 e. The quantitative estimate of drug-likeness (QED) is 0.828. The molecule has 0 saturated heterocycles. The van der Waals surface area contributed by atoms with Crippen LogP contribution in [0.1, 0.15) is 61.3 Å². The normalized spacial score (nSPS) is 23.6. The van der Waals surface area contributed by atoms with Gasteiger partial charge in [-0.25, -0.2) is 0 Å². The molecular weight excluding hydrogens is 230 g/mol. The van der Waals surface area contributed by atoms with Crippen molar-refractivity contribution in [1.82, 2.24) is 5.32 Å². The van der Waals surface area contributed by atoms with Crippen molar-refractivity contribution in [2.75, 3.05) is 0 Å². The molecule has 0 radical (unpaired) electrons. The molecule has 2 atom stereocenters. The minimum atomic E-state index is 0.736. The van der Waals surface area contributed by atoms with E-state index in [0.29, 0.717) is 0 Å². The lowest BCUT2D eigenvalue weighted by atomic mass is 9.83. The summed E-state index contributed by atoms with van der Waals surface area (Å²) in [4.78, 5) is 0. The average Bonchev–Trinajstić information content (AvgIpc) is 2.41. The minimum Gasteiger partial charge on any atom is -0.310 e. The molecule has 19 heavy (non-hydrogen) atoms. The summed E-state index contributed by atoms with van der Waals surface area (Å²) in [5.41, 5.74) is 5.73. The minimum absolute atomic E-state index is 0.736. The van der Waals surface area contributed by atoms with E-state index in [0.717, 1.165) is 18.5 Å². The smallest absolute Gasteiger partial charge is 0.0210 e. The van der Waals surface area contributed by atoms with Gasteiger partial charge in [0.2, 0.25) is 0 Å². The van der Waals surface area contributed by atoms with Crippen LogP contribution in [0.2, 0.25) is 0 Å². The van der Waals surface area contributed by atoms with E-state index in [1.807, 2.05) is 0 Å². The molecular formula is C18H29N. The Balaban J connectivity index is 1.99. The van der Waals surface area contributed by atoms with Gasteiger partial charge >= 0.3 is 0 Å². The fraction of sp³-hybridized carbons (Fsp3) is 0.667. The first kappa shape index (κ1) is 14.6. The van der Waals surface area contributed by atoms with Crippen molar-refractivity contribution in [3.8, 4) is 0 Å². The molecule has 1 aromatic rings. The Labute approximate surface area is 118 Å². The van der Waals surface area contributed by atoms with Crippen LogP contribution in [0.5, 0.6) is 0 Å². The van der Waals surface area contributed by atoms with Crippen LogP contribution in [-0.2, 0) is 6.54 Å². The van der Waals surface area contributed by atoms with Crippen molar-refractivity contribution in [2.45, 2.75) is 72.4 Å². The zero-order valence-electron chi connectivity index (χ0n) is 13.1. The van der Waals surface area contributed by atoms with Crippen molar-refractivity contribution >= 4 is 0 Å². The highest BCUT2D eigenvalue weighted by molar-refractivity contribution is 5.36. The zero-order chi connectivity index (χ0) is 13.8. The second-order valence-electron chi connectivity index (χ2n) is 6.30. The Hall–Kier alpha value is -0.820. The zero-order valence-corrected chi connectivity index (χ0v) is 13.1. The number of aryl methyl sites for hydroxylation is 3. The van der Waals surface area contributed by atoms with E-state index in [4.69, 9.17) is 0 Å². The Morgan fingerprint density at radius 2 is 1.68 bits per heavy atom. The van der Waals surface area contributed by atoms with Crippen LogP contribution in [0.4, 0.5) is 0 Å². The maximum absolute atomic E-state index is 3.83. The van der Waals surface area contributed by atoms with Crippen LogP contribution in [0.3, 0.4) is 0 Å². The first-order valence-electron chi connectivity index (χ1n) is 7.92. The molecule has 1 saturated carbocycles. The molecule has 1 nitrogen and oxygen atoms in total. The van der Waals surface area contributed by atoms with Gasteiger partial charge in [0.05, 0.1) is 0 Å². The van der Waals surface area contributed by atoms with Gasteiger partial charge < -0.3 is 5.32 Å². The van der Waals surface area contributed by atoms with Gasteiger partial charge in [0.15, 0.2) is 0 Å². The Kier molecular flexibility index (Phi) is 5.04. The van der Waals surface area contributed by atoms with Gasteiger partial charge in [-0.1, -0.05) is 38.3 Å². The third-order valence-electron chi connectivity index (χ3n) is 4.94. The summed E-state index contributed by atoms with van der Waals surface area (Å²) < 4.78 is 0. The lowest BCUT2D eigenvalue weighted by molar-refractivity contribution is 0.254. The van der Waals surface area contributed by atoms with E-state index < -0.39 is 0 Å². The van der Waals surface area contributed by atoms with Gasteiger partial charge in [0.25, 0.3) is 0 Å². The molecule has 0 aromatic heterocycles. The molecule has 0 amide bonds. The Morgan fingerprint density at radius 1 is 1.00 bits per heavy atom. The van der Waals surface area contributed by atoms with Crippen LogP contribution in [-0.4, -0.2) is 6.04 Å². The summed E-state index contributed by atoms with van der Waals surface area (Å²) in [7, 11) is 0. The lowest BCUT2D eigenvalue weighted by Gasteiger charge is -2.32. The highest BCUT2D eigenvalue weighted by atomic mass is 14.9. The van der Waals surface area contributed by atoms with Crippen molar-refractivity contribution in [2.24, 2.45) is 5.92 Å². The maximum atomic E-state index is 3.83. The topological polar surface area (TPSA) is 12.0 Å². The first-order valence-corrected chi connectivity index (χ1v) is 7.92. The van der Waals surface area contributed by atoms with Gasteiger partial charge in [-0.2, -0.15) is 0 Å². The van der Waals surface area contributed by atoms with Gasteiger partial charge in [0, 0.05) is 12.6 Å². The van der Waals surface area contributed by atoms with E-state index >= 15 is 0 Å². The molecule has 0 heterocycles. The predicted molar refractivity (Wildman–Crippen MR) is 83.5 cm³/mol. The number of nitrogens with one attached hydrogen (secondary N) is 1. The Morgan fingerprint density at radius 3 is 2.42 bits per heavy atom. The molecule has 1 aliphatic carbocycles. The van der Waals surface area contributed by atoms with E-state index in [-0.39, 0.29) is 0 Å². The first-order chi connectivity index (χ1) is 9.11. The largest absolute Gasteiger partial charge is 0.310 e. The van der Waals surface area contributed by atoms with Gasteiger partial charge in [-0.3, -0.25) is 0 Å². The monoisotopic (exact) mass is 259 g/mol. The highest BCUT2D eigenvalue weighted by Crippen LogP contribution is 2.27. The molecule has 2 unspecified atom stereocenters. The number of hydrogen-bond acceptors (Lipinski definition) is 1. The lowest BCUT2D eigenvalue weighted by Crippen LogP contribution is -2.38. The molecule has 2 rings (SSSR count). The molecule has 1 aromatic carbocycles. The summed E-state index contributed by atoms with van der Waals surface area (Å²) in [6.07, 6.45) is 6.94. The second kappa shape index (κ2) is 6.56. The van der Waals surface area contributed by atoms with Crippen molar-refractivity contribution < 1.29 is 0 Å². The standard InChI is InChI=1S/C18H29N/c1-5-16-8-6-7-9-18(16)19-12-17-11-14(3)13(2)10-15(17)4/h10-11,16,18-19H,5-9,12H2,1-4H3. The third kappa shape index (κ3) is 3.60. The molecule has 1 aliphatic rings. The second-order valence-corrected chi connectivity index (χ2v) is 6.30. The van der Waals surface area contributed by atoms with Gasteiger partial charge in [-0.05, 0) is 61.8 Å². The van der Waals surface area contributed by atoms with Crippen LogP contribution in [0, 0.1) is 26.7 Å². The summed E-state index contributed by atoms with van der Waals surface area (Å²) in [6.45, 7) is 10.0. The summed E-state index contributed by atoms with van der Waals surface area (Å²) in [5.74, 6) is 0.889. The van der Waals surface area contributed by atoms with E-state index in [1.54, 1.807) is 0 Å². The Bertz CT molecular complexity index is 422. The van der Waals surface area contributed by atoms with Crippen LogP contribution in [0.25, 0.3) is 0 Å². The van der Waals surface area contributed by atoms with Gasteiger partial charge in [0.1, 0.15) is 0 Å². The summed E-state index contributed by atoms with van der Waals surface area (Å²) >= 11 is 0. The molecule has 1 fully saturated rings. The predicted octanol–water partition coefficient (Wildman–Crippen LogP) is 4.67. The van der Waals surface area contributed by atoms with Crippen LogP contribution < -0.4 is 5.32 Å². The van der Waals surface area contributed by atoms with Crippen molar-refractivity contribution in [3.63, 3.8) is 0 Å². The van der Waals surface area contributed by atoms with E-state index in [1.165, 1.54) is 54.4 Å². The molecule has 0 spiro atoms. The molecule has 0 aliphatic heterocycles. The van der Waals surface area contributed by atoms with Crippen LogP contribution >= 0.6 is 0 Å². The fourth-order valence-electron chi connectivity index (χ4n) is 3.42. The average molecular weight is 259 g/mol. The molecule has 1 heteroatoms. The summed E-state index contributed by atoms with van der Waals surface area (Å²) in [6, 6.07) is 5.42. The summed E-state index contributed by atoms with van der Waals surface area (Å²) in [5, 5.41) is 3.83. The number of benzene rings is 1. The van der Waals surface area contributed by atoms with Crippen molar-refractivity contribution in [3.05, 3.63) is 34.4 Å². The fourth-order valence-corrected chi connectivity index (χ4v) is 3.42. The highest BCUT2D eigenvalue weighted by Gasteiger charge is 2.22. The molecule has 0 bridgehead atoms. The number of hydrogen-bond donors (Lipinski definition) is 1. The van der Waals surface area contributed by atoms with Crippen LogP contribution in [0.15, 0.2) is 12.1 Å². The van der Waals surface area contributed by atoms with Gasteiger partial charge in [-0.15, -0.1) is 0 Å². The number of rotatable bonds is 4. The van der Waals surface area contributed by atoms with Crippen molar-refractivity contribution in [1.29, 1.82) is 0 Å². The third-order valence-corrected chi connectivity index (χ3v) is 4.94. The molecule has 106 valence electrons.